The van der Waals surface area contributed by atoms with Crippen molar-refractivity contribution in [3.05, 3.63) is 12.1 Å². The average Bonchev–Trinajstić information content (AvgIpc) is 2.90. The molecule has 1 aliphatic rings. The van der Waals surface area contributed by atoms with Gasteiger partial charge in [0.05, 0.1) is 0 Å². The summed E-state index contributed by atoms with van der Waals surface area (Å²) in [6, 6.07) is 4.31. The second-order valence-corrected chi connectivity index (χ2v) is 4.91. The van der Waals surface area contributed by atoms with Gasteiger partial charge in [0.25, 0.3) is 0 Å². The molecule has 1 aliphatic carbocycles. The molecule has 2 aromatic rings. The lowest BCUT2D eigenvalue weighted by atomic mass is 9.98. The van der Waals surface area contributed by atoms with Crippen LogP contribution in [-0.4, -0.2) is 31.3 Å². The Morgan fingerprint density at radius 1 is 1.29 bits per heavy atom. The highest BCUT2D eigenvalue weighted by atomic mass is 15.6. The molecule has 1 N–H and O–H groups in total. The van der Waals surface area contributed by atoms with Crippen LogP contribution in [-0.2, 0) is 0 Å². The standard InChI is InChI=1S/C11H16N6/c1-7-3-4-9(8(7)2)12-10-5-6-11-13-15-16-17(11)14-10/h5-9H,3-4H2,1-2H3,(H,12,14). The molecule has 90 valence electrons. The van der Waals surface area contributed by atoms with Crippen LogP contribution in [0.4, 0.5) is 5.82 Å². The van der Waals surface area contributed by atoms with E-state index in [1.54, 1.807) is 0 Å². The molecular weight excluding hydrogens is 216 g/mol. The van der Waals surface area contributed by atoms with Crippen LogP contribution in [0.1, 0.15) is 26.7 Å². The molecule has 2 aromatic heterocycles. The fraction of sp³-hybridized carbons (Fsp3) is 0.636. The van der Waals surface area contributed by atoms with Gasteiger partial charge in [-0.05, 0) is 47.2 Å². The first-order valence-corrected chi connectivity index (χ1v) is 6.06. The summed E-state index contributed by atoms with van der Waals surface area (Å²) in [6.07, 6.45) is 2.49. The number of rotatable bonds is 2. The molecule has 0 amide bonds. The van der Waals surface area contributed by atoms with Crippen molar-refractivity contribution in [2.45, 2.75) is 32.7 Å². The predicted molar refractivity (Wildman–Crippen MR) is 63.5 cm³/mol. The van der Waals surface area contributed by atoms with Gasteiger partial charge in [-0.1, -0.05) is 13.8 Å². The van der Waals surface area contributed by atoms with E-state index >= 15 is 0 Å². The third-order valence-electron chi connectivity index (χ3n) is 3.87. The predicted octanol–water partition coefficient (Wildman–Crippen LogP) is 1.37. The minimum absolute atomic E-state index is 0.506. The molecule has 0 aliphatic heterocycles. The molecule has 0 radical (unpaired) electrons. The molecule has 6 nitrogen and oxygen atoms in total. The van der Waals surface area contributed by atoms with E-state index in [4.69, 9.17) is 0 Å². The van der Waals surface area contributed by atoms with E-state index in [9.17, 15) is 0 Å². The SMILES string of the molecule is CC1CCC(Nc2ccc3nnnn3n2)C1C. The van der Waals surface area contributed by atoms with Gasteiger partial charge in [-0.25, -0.2) is 0 Å². The first-order valence-electron chi connectivity index (χ1n) is 6.06. The van der Waals surface area contributed by atoms with Crippen LogP contribution in [0.5, 0.6) is 0 Å². The molecule has 0 aromatic carbocycles. The maximum Gasteiger partial charge on any atom is 0.200 e. The lowest BCUT2D eigenvalue weighted by molar-refractivity contribution is 0.434. The van der Waals surface area contributed by atoms with Gasteiger partial charge in [0.15, 0.2) is 5.65 Å². The highest BCUT2D eigenvalue weighted by Gasteiger charge is 2.29. The van der Waals surface area contributed by atoms with Gasteiger partial charge in [-0.3, -0.25) is 0 Å². The Hall–Kier alpha value is -1.72. The highest BCUT2D eigenvalue weighted by molar-refractivity contribution is 5.42. The quantitative estimate of drug-likeness (QED) is 0.846. The maximum atomic E-state index is 4.33. The molecule has 6 heteroatoms. The van der Waals surface area contributed by atoms with Crippen molar-refractivity contribution in [3.63, 3.8) is 0 Å². The van der Waals surface area contributed by atoms with Crippen molar-refractivity contribution < 1.29 is 0 Å². The number of hydrogen-bond acceptors (Lipinski definition) is 5. The monoisotopic (exact) mass is 232 g/mol. The zero-order chi connectivity index (χ0) is 11.8. The van der Waals surface area contributed by atoms with E-state index in [-0.39, 0.29) is 0 Å². The Morgan fingerprint density at radius 2 is 2.18 bits per heavy atom. The van der Waals surface area contributed by atoms with Crippen molar-refractivity contribution in [2.75, 3.05) is 5.32 Å². The van der Waals surface area contributed by atoms with Crippen LogP contribution in [0.25, 0.3) is 5.65 Å². The fourth-order valence-corrected chi connectivity index (χ4v) is 2.48. The van der Waals surface area contributed by atoms with Crippen molar-refractivity contribution >= 4 is 11.5 Å². The Kier molecular flexibility index (Phi) is 2.42. The van der Waals surface area contributed by atoms with Gasteiger partial charge in [0.2, 0.25) is 0 Å². The summed E-state index contributed by atoms with van der Waals surface area (Å²) in [4.78, 5) is 0. The first kappa shape index (κ1) is 10.4. The summed E-state index contributed by atoms with van der Waals surface area (Å²) in [5.74, 6) is 2.31. The Bertz CT molecular complexity index is 521. The van der Waals surface area contributed by atoms with Gasteiger partial charge in [0, 0.05) is 6.04 Å². The third-order valence-corrected chi connectivity index (χ3v) is 3.87. The van der Waals surface area contributed by atoms with E-state index in [1.165, 1.54) is 17.5 Å². The van der Waals surface area contributed by atoms with Crippen LogP contribution in [0, 0.1) is 11.8 Å². The third kappa shape index (κ3) is 1.83. The summed E-state index contributed by atoms with van der Waals surface area (Å²) in [6.45, 7) is 4.61. The van der Waals surface area contributed by atoms with Crippen molar-refractivity contribution in [3.8, 4) is 0 Å². The van der Waals surface area contributed by atoms with E-state index in [0.717, 1.165) is 11.7 Å². The fourth-order valence-electron chi connectivity index (χ4n) is 2.48. The topological polar surface area (TPSA) is 68.0 Å². The molecule has 0 saturated heterocycles. The second-order valence-electron chi connectivity index (χ2n) is 4.91. The Labute approximate surface area is 99.4 Å². The van der Waals surface area contributed by atoms with Crippen molar-refractivity contribution in [2.24, 2.45) is 11.8 Å². The van der Waals surface area contributed by atoms with E-state index < -0.39 is 0 Å². The summed E-state index contributed by atoms with van der Waals surface area (Å²) < 4.78 is 1.45. The minimum atomic E-state index is 0.506. The minimum Gasteiger partial charge on any atom is -0.366 e. The first-order chi connectivity index (χ1) is 8.24. The Morgan fingerprint density at radius 3 is 2.94 bits per heavy atom. The summed E-state index contributed by atoms with van der Waals surface area (Å²) in [5.41, 5.74) is 0.670. The number of anilines is 1. The normalized spacial score (nSPS) is 28.7. The molecule has 2 heterocycles. The molecule has 0 spiro atoms. The van der Waals surface area contributed by atoms with Gasteiger partial charge in [-0.15, -0.1) is 14.8 Å². The van der Waals surface area contributed by atoms with Crippen LogP contribution in [0.15, 0.2) is 12.1 Å². The lowest BCUT2D eigenvalue weighted by Crippen LogP contribution is -2.24. The number of aromatic nitrogens is 5. The summed E-state index contributed by atoms with van der Waals surface area (Å²) in [7, 11) is 0. The molecule has 0 bridgehead atoms. The van der Waals surface area contributed by atoms with Crippen LogP contribution < -0.4 is 5.32 Å². The lowest BCUT2D eigenvalue weighted by Gasteiger charge is -2.19. The molecule has 3 atom stereocenters. The van der Waals surface area contributed by atoms with Gasteiger partial charge >= 0.3 is 0 Å². The molecule has 1 saturated carbocycles. The number of fused-ring (bicyclic) bond motifs is 1. The number of nitrogens with zero attached hydrogens (tertiary/aromatic N) is 5. The maximum absolute atomic E-state index is 4.33. The van der Waals surface area contributed by atoms with Gasteiger partial charge in [-0.2, -0.15) is 0 Å². The van der Waals surface area contributed by atoms with Crippen LogP contribution >= 0.6 is 0 Å². The highest BCUT2D eigenvalue weighted by Crippen LogP contribution is 2.32. The van der Waals surface area contributed by atoms with Gasteiger partial charge in [0.1, 0.15) is 5.82 Å². The zero-order valence-corrected chi connectivity index (χ0v) is 10.0. The van der Waals surface area contributed by atoms with Crippen LogP contribution in [0.3, 0.4) is 0 Å². The Balaban J connectivity index is 1.80. The van der Waals surface area contributed by atoms with Crippen molar-refractivity contribution in [1.29, 1.82) is 0 Å². The summed E-state index contributed by atoms with van der Waals surface area (Å²) >= 11 is 0. The van der Waals surface area contributed by atoms with Gasteiger partial charge < -0.3 is 5.32 Å². The number of tetrazole rings is 1. The smallest absolute Gasteiger partial charge is 0.200 e. The molecule has 1 fully saturated rings. The van der Waals surface area contributed by atoms with E-state index in [2.05, 4.69) is 39.8 Å². The molecule has 17 heavy (non-hydrogen) atoms. The van der Waals surface area contributed by atoms with E-state index in [0.29, 0.717) is 17.6 Å². The molecular formula is C11H16N6. The van der Waals surface area contributed by atoms with Crippen LogP contribution in [0.2, 0.25) is 0 Å². The number of nitrogens with one attached hydrogen (secondary N) is 1. The second kappa shape index (κ2) is 3.94. The van der Waals surface area contributed by atoms with E-state index in [1.807, 2.05) is 12.1 Å². The number of hydrogen-bond donors (Lipinski definition) is 1. The molecule has 3 unspecified atom stereocenters. The zero-order valence-electron chi connectivity index (χ0n) is 10.0. The largest absolute Gasteiger partial charge is 0.366 e. The molecule has 3 rings (SSSR count). The average molecular weight is 232 g/mol. The summed E-state index contributed by atoms with van der Waals surface area (Å²) in [5, 5.41) is 19.0. The van der Waals surface area contributed by atoms with Crippen molar-refractivity contribution in [1.82, 2.24) is 25.3 Å².